The first-order chi connectivity index (χ1) is 15.5. The summed E-state index contributed by atoms with van der Waals surface area (Å²) in [6.07, 6.45) is 3.37. The van der Waals surface area contributed by atoms with E-state index in [-0.39, 0.29) is 18.4 Å². The number of aromatic nitrogens is 1. The zero-order valence-electron chi connectivity index (χ0n) is 18.7. The molecule has 0 saturated carbocycles. The topological polar surface area (TPSA) is 53.5 Å². The molecule has 4 rings (SSSR count). The average Bonchev–Trinajstić information content (AvgIpc) is 3.05. The maximum Gasteiger partial charge on any atom is 0.278 e. The highest BCUT2D eigenvalue weighted by Crippen LogP contribution is 2.34. The van der Waals surface area contributed by atoms with Crippen molar-refractivity contribution in [1.82, 2.24) is 14.8 Å². The molecule has 0 aliphatic carbocycles. The van der Waals surface area contributed by atoms with Crippen LogP contribution < -0.4 is 0 Å². The summed E-state index contributed by atoms with van der Waals surface area (Å²) < 4.78 is 0. The molecule has 0 unspecified atom stereocenters. The van der Waals surface area contributed by atoms with Crippen LogP contribution in [0.2, 0.25) is 0 Å². The van der Waals surface area contributed by atoms with Crippen molar-refractivity contribution in [3.63, 3.8) is 0 Å². The van der Waals surface area contributed by atoms with Crippen molar-refractivity contribution >= 4 is 17.4 Å². The number of nitrogens with zero attached hydrogens (tertiary/aromatic N) is 3. The molecule has 1 aromatic heterocycles. The fourth-order valence-electron chi connectivity index (χ4n) is 3.98. The van der Waals surface area contributed by atoms with Gasteiger partial charge in [-0.05, 0) is 54.7 Å². The number of rotatable bonds is 7. The van der Waals surface area contributed by atoms with Crippen molar-refractivity contribution in [1.29, 1.82) is 0 Å². The molecule has 5 nitrogen and oxygen atoms in total. The number of carbonyl (C=O) groups is 2. The summed E-state index contributed by atoms with van der Waals surface area (Å²) in [5.74, 6) is -0.520. The van der Waals surface area contributed by atoms with E-state index in [1.165, 1.54) is 4.90 Å². The average molecular weight is 426 g/mol. The van der Waals surface area contributed by atoms with Crippen LogP contribution in [0.25, 0.3) is 5.57 Å². The molecule has 0 bridgehead atoms. The minimum Gasteiger partial charge on any atom is -0.362 e. The highest BCUT2D eigenvalue weighted by molar-refractivity contribution is 6.35. The van der Waals surface area contributed by atoms with Gasteiger partial charge < -0.3 is 4.90 Å². The number of aryl methyl sites for hydroxylation is 2. The zero-order chi connectivity index (χ0) is 22.7. The summed E-state index contributed by atoms with van der Waals surface area (Å²) in [5.41, 5.74) is 5.87. The monoisotopic (exact) mass is 425 g/mol. The van der Waals surface area contributed by atoms with Crippen molar-refractivity contribution < 1.29 is 9.59 Å². The van der Waals surface area contributed by atoms with Crippen molar-refractivity contribution in [2.45, 2.75) is 33.9 Å². The summed E-state index contributed by atoms with van der Waals surface area (Å²) in [5, 5.41) is 0. The smallest absolute Gasteiger partial charge is 0.278 e. The number of hydrogen-bond acceptors (Lipinski definition) is 4. The van der Waals surface area contributed by atoms with Gasteiger partial charge in [0.15, 0.2) is 0 Å². The van der Waals surface area contributed by atoms with Gasteiger partial charge in [0.1, 0.15) is 5.70 Å². The van der Waals surface area contributed by atoms with Crippen molar-refractivity contribution in [2.24, 2.45) is 0 Å². The first-order valence-corrected chi connectivity index (χ1v) is 10.9. The number of carbonyl (C=O) groups excluding carboxylic acids is 2. The van der Waals surface area contributed by atoms with Gasteiger partial charge in [0.05, 0.1) is 12.1 Å². The van der Waals surface area contributed by atoms with Crippen LogP contribution in [0, 0.1) is 13.8 Å². The van der Waals surface area contributed by atoms with E-state index in [0.717, 1.165) is 27.8 Å². The third-order valence-electron chi connectivity index (χ3n) is 5.92. The molecule has 2 aromatic carbocycles. The molecule has 2 amide bonds. The molecule has 0 fully saturated rings. The van der Waals surface area contributed by atoms with E-state index in [1.807, 2.05) is 86.3 Å². The molecule has 162 valence electrons. The molecule has 0 spiro atoms. The predicted octanol–water partition coefficient (Wildman–Crippen LogP) is 4.50. The first-order valence-electron chi connectivity index (χ1n) is 10.9. The summed E-state index contributed by atoms with van der Waals surface area (Å²) in [6, 6.07) is 19.6. The van der Waals surface area contributed by atoms with E-state index >= 15 is 0 Å². The normalized spacial score (nSPS) is 13.8. The summed E-state index contributed by atoms with van der Waals surface area (Å²) in [7, 11) is 0. The Kier molecular flexibility index (Phi) is 6.17. The quantitative estimate of drug-likeness (QED) is 0.523. The molecular weight excluding hydrogens is 398 g/mol. The van der Waals surface area contributed by atoms with Gasteiger partial charge in [0.2, 0.25) is 0 Å². The fraction of sp³-hybridized carbons (Fsp3) is 0.222. The SMILES string of the molecule is CCN(Cc1ccccc1)C1=C(c2ccc(C)c(C)c2)C(=O)N(Cc2cccnc2)C1=O. The number of imide groups is 1. The summed E-state index contributed by atoms with van der Waals surface area (Å²) in [4.78, 5) is 34.7. The Morgan fingerprint density at radius 1 is 0.875 bits per heavy atom. The van der Waals surface area contributed by atoms with E-state index in [1.54, 1.807) is 12.4 Å². The Labute approximate surface area is 189 Å². The maximum absolute atomic E-state index is 13.6. The van der Waals surface area contributed by atoms with Gasteiger partial charge in [-0.3, -0.25) is 19.5 Å². The van der Waals surface area contributed by atoms with Crippen molar-refractivity contribution in [2.75, 3.05) is 6.54 Å². The van der Waals surface area contributed by atoms with Crippen LogP contribution in [-0.4, -0.2) is 33.1 Å². The molecular formula is C27H27N3O2. The molecule has 0 saturated heterocycles. The Morgan fingerprint density at radius 3 is 2.28 bits per heavy atom. The van der Waals surface area contributed by atoms with Crippen LogP contribution >= 0.6 is 0 Å². The molecule has 0 N–H and O–H groups in total. The second-order valence-electron chi connectivity index (χ2n) is 8.08. The fourth-order valence-corrected chi connectivity index (χ4v) is 3.98. The summed E-state index contributed by atoms with van der Waals surface area (Å²) in [6.45, 7) is 7.44. The lowest BCUT2D eigenvalue weighted by molar-refractivity contribution is -0.138. The van der Waals surface area contributed by atoms with Gasteiger partial charge in [-0.2, -0.15) is 0 Å². The highest BCUT2D eigenvalue weighted by Gasteiger charge is 2.41. The van der Waals surface area contributed by atoms with Gasteiger partial charge in [-0.25, -0.2) is 0 Å². The molecule has 3 aromatic rings. The van der Waals surface area contributed by atoms with Gasteiger partial charge in [-0.1, -0.05) is 54.6 Å². The van der Waals surface area contributed by atoms with Gasteiger partial charge in [0.25, 0.3) is 11.8 Å². The minimum atomic E-state index is -0.261. The largest absolute Gasteiger partial charge is 0.362 e. The van der Waals surface area contributed by atoms with Crippen LogP contribution in [0.1, 0.15) is 34.7 Å². The first kappa shape index (κ1) is 21.5. The zero-order valence-corrected chi connectivity index (χ0v) is 18.7. The van der Waals surface area contributed by atoms with E-state index < -0.39 is 0 Å². The van der Waals surface area contributed by atoms with Gasteiger partial charge >= 0.3 is 0 Å². The number of hydrogen-bond donors (Lipinski definition) is 0. The Hall–Kier alpha value is -3.73. The van der Waals surface area contributed by atoms with E-state index in [2.05, 4.69) is 4.98 Å². The molecule has 5 heteroatoms. The van der Waals surface area contributed by atoms with E-state index in [4.69, 9.17) is 0 Å². The lowest BCUT2D eigenvalue weighted by Crippen LogP contribution is -2.34. The maximum atomic E-state index is 13.6. The summed E-state index contributed by atoms with van der Waals surface area (Å²) >= 11 is 0. The second kappa shape index (κ2) is 9.18. The molecule has 0 atom stereocenters. The standard InChI is InChI=1S/C27H27N3O2/c1-4-29(17-21-9-6-5-7-10-21)25-24(23-13-12-19(2)20(3)15-23)26(31)30(27(25)32)18-22-11-8-14-28-16-22/h5-16H,4,17-18H2,1-3H3. The predicted molar refractivity (Wildman–Crippen MR) is 125 cm³/mol. The lowest BCUT2D eigenvalue weighted by atomic mass is 9.99. The third-order valence-corrected chi connectivity index (χ3v) is 5.92. The van der Waals surface area contributed by atoms with Crippen LogP contribution in [0.15, 0.2) is 78.8 Å². The lowest BCUT2D eigenvalue weighted by Gasteiger charge is -2.25. The van der Waals surface area contributed by atoms with Crippen LogP contribution in [0.3, 0.4) is 0 Å². The molecule has 1 aliphatic rings. The van der Waals surface area contributed by atoms with Crippen LogP contribution in [-0.2, 0) is 22.7 Å². The van der Waals surface area contributed by atoms with E-state index in [0.29, 0.717) is 24.4 Å². The number of amides is 2. The van der Waals surface area contributed by atoms with Crippen molar-refractivity contribution in [3.05, 3.63) is 107 Å². The van der Waals surface area contributed by atoms with Gasteiger partial charge in [0, 0.05) is 25.5 Å². The van der Waals surface area contributed by atoms with Gasteiger partial charge in [-0.15, -0.1) is 0 Å². The number of pyridine rings is 1. The highest BCUT2D eigenvalue weighted by atomic mass is 16.2. The van der Waals surface area contributed by atoms with Crippen molar-refractivity contribution in [3.8, 4) is 0 Å². The molecule has 2 heterocycles. The Balaban J connectivity index is 1.79. The number of benzene rings is 2. The second-order valence-corrected chi connectivity index (χ2v) is 8.08. The van der Waals surface area contributed by atoms with E-state index in [9.17, 15) is 9.59 Å². The van der Waals surface area contributed by atoms with Crippen LogP contribution in [0.4, 0.5) is 0 Å². The third kappa shape index (κ3) is 4.19. The Bertz CT molecular complexity index is 1170. The number of likely N-dealkylation sites (N-methyl/N-ethyl adjacent to an activating group) is 1. The molecule has 0 radical (unpaired) electrons. The van der Waals surface area contributed by atoms with Crippen LogP contribution in [0.5, 0.6) is 0 Å². The Morgan fingerprint density at radius 2 is 1.62 bits per heavy atom. The molecule has 1 aliphatic heterocycles. The molecule has 32 heavy (non-hydrogen) atoms. The minimum absolute atomic E-state index is 0.201.